The van der Waals surface area contributed by atoms with Crippen LogP contribution in [0.25, 0.3) is 21.9 Å². The van der Waals surface area contributed by atoms with Crippen LogP contribution in [0.3, 0.4) is 0 Å². The molecular formula is C30H24F6O. The third-order valence-electron chi connectivity index (χ3n) is 6.12. The Kier molecular flexibility index (Phi) is 7.91. The molecule has 0 saturated heterocycles. The van der Waals surface area contributed by atoms with Crippen LogP contribution in [0.5, 0.6) is 5.75 Å². The van der Waals surface area contributed by atoms with E-state index in [1.807, 2.05) is 37.3 Å². The van der Waals surface area contributed by atoms with Gasteiger partial charge in [0, 0.05) is 5.39 Å². The summed E-state index contributed by atoms with van der Waals surface area (Å²) < 4.78 is 83.6. The maximum Gasteiger partial charge on any atom is 0.573 e. The molecule has 0 N–H and O–H groups in total. The number of benzene rings is 4. The first-order valence-corrected chi connectivity index (χ1v) is 11.8. The Bertz CT molecular complexity index is 1400. The quantitative estimate of drug-likeness (QED) is 0.168. The van der Waals surface area contributed by atoms with Crippen LogP contribution in [0.4, 0.5) is 26.3 Å². The first-order chi connectivity index (χ1) is 17.6. The van der Waals surface area contributed by atoms with Crippen molar-refractivity contribution in [3.05, 3.63) is 113 Å². The van der Waals surface area contributed by atoms with Crippen LogP contribution >= 0.6 is 0 Å². The van der Waals surface area contributed by atoms with Crippen molar-refractivity contribution in [3.63, 3.8) is 0 Å². The molecule has 0 atom stereocenters. The Hall–Kier alpha value is -3.74. The minimum atomic E-state index is -5.22. The second kappa shape index (κ2) is 11.1. The topological polar surface area (TPSA) is 9.23 Å². The van der Waals surface area contributed by atoms with Gasteiger partial charge >= 0.3 is 6.36 Å². The molecule has 0 aliphatic heterocycles. The van der Waals surface area contributed by atoms with E-state index in [9.17, 15) is 22.0 Å². The highest BCUT2D eigenvalue weighted by molar-refractivity contribution is 5.88. The number of rotatable bonds is 8. The molecule has 0 saturated carbocycles. The molecule has 0 heterocycles. The number of fused-ring (bicyclic) bond motifs is 1. The molecule has 0 aliphatic rings. The summed E-state index contributed by atoms with van der Waals surface area (Å²) in [4.78, 5) is 0. The van der Waals surface area contributed by atoms with Crippen molar-refractivity contribution in [2.24, 2.45) is 0 Å². The van der Waals surface area contributed by atoms with E-state index in [2.05, 4.69) is 22.9 Å². The monoisotopic (exact) mass is 514 g/mol. The zero-order chi connectivity index (χ0) is 26.6. The SMILES string of the molecule is C/C=C/CCc1ccc(-c2ccc3c(F)c(CCc4cc(F)c(OC(F)(F)F)c(F)c4)ccc3c2)cc1. The largest absolute Gasteiger partial charge is 0.573 e. The summed E-state index contributed by atoms with van der Waals surface area (Å²) in [5.74, 6) is -4.89. The highest BCUT2D eigenvalue weighted by Gasteiger charge is 2.34. The maximum absolute atomic E-state index is 15.2. The second-order valence-electron chi connectivity index (χ2n) is 8.72. The van der Waals surface area contributed by atoms with Crippen LogP contribution in [-0.2, 0) is 19.3 Å². The van der Waals surface area contributed by atoms with Gasteiger partial charge in [0.15, 0.2) is 11.6 Å². The van der Waals surface area contributed by atoms with Crippen LogP contribution in [0.2, 0.25) is 0 Å². The van der Waals surface area contributed by atoms with Crippen molar-refractivity contribution in [3.8, 4) is 16.9 Å². The average Bonchev–Trinajstić information content (AvgIpc) is 2.86. The fourth-order valence-corrected chi connectivity index (χ4v) is 4.24. The molecule has 4 aromatic carbocycles. The number of aryl methyl sites for hydroxylation is 3. The van der Waals surface area contributed by atoms with Crippen LogP contribution in [0.1, 0.15) is 30.0 Å². The molecule has 37 heavy (non-hydrogen) atoms. The molecule has 1 nitrogen and oxygen atoms in total. The normalized spacial score (nSPS) is 12.0. The summed E-state index contributed by atoms with van der Waals surface area (Å²) in [5.41, 5.74) is 3.63. The average molecular weight is 515 g/mol. The summed E-state index contributed by atoms with van der Waals surface area (Å²) in [7, 11) is 0. The van der Waals surface area contributed by atoms with Crippen molar-refractivity contribution in [1.29, 1.82) is 0 Å². The van der Waals surface area contributed by atoms with Crippen molar-refractivity contribution in [1.82, 2.24) is 0 Å². The van der Waals surface area contributed by atoms with Gasteiger partial charge in [0.2, 0.25) is 5.75 Å². The number of alkyl halides is 3. The lowest BCUT2D eigenvalue weighted by Gasteiger charge is -2.12. The second-order valence-corrected chi connectivity index (χ2v) is 8.72. The van der Waals surface area contributed by atoms with E-state index in [0.29, 0.717) is 16.3 Å². The van der Waals surface area contributed by atoms with E-state index in [1.54, 1.807) is 18.2 Å². The summed E-state index contributed by atoms with van der Waals surface area (Å²) in [6, 6.07) is 18.6. The van der Waals surface area contributed by atoms with Gasteiger partial charge in [-0.05, 0) is 84.0 Å². The van der Waals surface area contributed by atoms with Crippen LogP contribution in [-0.4, -0.2) is 6.36 Å². The molecule has 0 radical (unpaired) electrons. The smallest absolute Gasteiger partial charge is 0.399 e. The molecule has 192 valence electrons. The Balaban J connectivity index is 1.49. The highest BCUT2D eigenvalue weighted by Crippen LogP contribution is 2.31. The highest BCUT2D eigenvalue weighted by atomic mass is 19.4. The summed E-state index contributed by atoms with van der Waals surface area (Å²) in [6.07, 6.45) is 1.02. The molecule has 0 spiro atoms. The Morgan fingerprint density at radius 2 is 1.41 bits per heavy atom. The van der Waals surface area contributed by atoms with E-state index < -0.39 is 29.6 Å². The van der Waals surface area contributed by atoms with Gasteiger partial charge < -0.3 is 4.74 Å². The van der Waals surface area contributed by atoms with E-state index >= 15 is 4.39 Å². The van der Waals surface area contributed by atoms with Crippen molar-refractivity contribution >= 4 is 10.8 Å². The van der Waals surface area contributed by atoms with Gasteiger partial charge in [-0.3, -0.25) is 0 Å². The molecule has 0 bridgehead atoms. The van der Waals surface area contributed by atoms with Gasteiger partial charge in [-0.2, -0.15) is 0 Å². The van der Waals surface area contributed by atoms with E-state index in [1.165, 1.54) is 5.56 Å². The fourth-order valence-electron chi connectivity index (χ4n) is 4.24. The van der Waals surface area contributed by atoms with Gasteiger partial charge in [0.1, 0.15) is 5.82 Å². The Morgan fingerprint density at radius 1 is 0.730 bits per heavy atom. The molecule has 0 unspecified atom stereocenters. The van der Waals surface area contributed by atoms with Gasteiger partial charge in [-0.15, -0.1) is 13.2 Å². The van der Waals surface area contributed by atoms with Gasteiger partial charge in [0.25, 0.3) is 0 Å². The zero-order valence-electron chi connectivity index (χ0n) is 20.0. The predicted octanol–water partition coefficient (Wildman–Crippen LogP) is 9.12. The molecule has 7 heteroatoms. The standard InChI is InChI=1S/C30H24F6O/c1-2-3-4-5-19-6-9-21(10-7-19)23-14-15-25-24(18-23)13-12-22(28(25)33)11-8-20-16-26(31)29(27(32)17-20)37-30(34,35)36/h2-3,6-7,9-10,12-18H,4-5,8,11H2,1H3/b3-2+. The Morgan fingerprint density at radius 3 is 2.05 bits per heavy atom. The first-order valence-electron chi connectivity index (χ1n) is 11.8. The number of halogens is 6. The van der Waals surface area contributed by atoms with Crippen molar-refractivity contribution < 1.29 is 31.1 Å². The Labute approximate surface area is 211 Å². The number of ether oxygens (including phenoxy) is 1. The minimum Gasteiger partial charge on any atom is -0.399 e. The van der Waals surface area contributed by atoms with Crippen molar-refractivity contribution in [2.45, 2.75) is 39.0 Å². The fraction of sp³-hybridized carbons (Fsp3) is 0.200. The summed E-state index contributed by atoms with van der Waals surface area (Å²) in [5, 5.41) is 1.12. The molecule has 4 rings (SSSR count). The minimum absolute atomic E-state index is 0.0288. The van der Waals surface area contributed by atoms with E-state index in [4.69, 9.17) is 0 Å². The lowest BCUT2D eigenvalue weighted by molar-refractivity contribution is -0.276. The van der Waals surface area contributed by atoms with Crippen molar-refractivity contribution in [2.75, 3.05) is 0 Å². The third-order valence-corrected chi connectivity index (χ3v) is 6.12. The summed E-state index contributed by atoms with van der Waals surface area (Å²) >= 11 is 0. The van der Waals surface area contributed by atoms with Crippen LogP contribution < -0.4 is 4.74 Å². The molecular weight excluding hydrogens is 490 g/mol. The van der Waals surface area contributed by atoms with Gasteiger partial charge in [-0.25, -0.2) is 13.2 Å². The number of allylic oxidation sites excluding steroid dienone is 2. The van der Waals surface area contributed by atoms with E-state index in [-0.39, 0.29) is 18.4 Å². The lowest BCUT2D eigenvalue weighted by atomic mass is 9.96. The van der Waals surface area contributed by atoms with E-state index in [0.717, 1.165) is 36.1 Å². The zero-order valence-corrected chi connectivity index (χ0v) is 20.0. The number of hydrogen-bond acceptors (Lipinski definition) is 1. The van der Waals surface area contributed by atoms with Crippen LogP contribution in [0.15, 0.2) is 78.9 Å². The number of hydrogen-bond donors (Lipinski definition) is 0. The molecule has 4 aromatic rings. The molecule has 0 amide bonds. The molecule has 0 aromatic heterocycles. The molecule has 0 aliphatic carbocycles. The summed E-state index contributed by atoms with van der Waals surface area (Å²) in [6.45, 7) is 2.00. The predicted molar refractivity (Wildman–Crippen MR) is 133 cm³/mol. The lowest BCUT2D eigenvalue weighted by Crippen LogP contribution is -2.19. The first kappa shape index (κ1) is 26.3. The van der Waals surface area contributed by atoms with Gasteiger partial charge in [0.05, 0.1) is 0 Å². The molecule has 0 fully saturated rings. The maximum atomic E-state index is 15.2. The van der Waals surface area contributed by atoms with Gasteiger partial charge in [-0.1, -0.05) is 60.7 Å². The third kappa shape index (κ3) is 6.53. The van der Waals surface area contributed by atoms with Crippen LogP contribution in [0, 0.1) is 17.5 Å².